The van der Waals surface area contributed by atoms with Crippen molar-refractivity contribution >= 4 is 11.6 Å². The van der Waals surface area contributed by atoms with Gasteiger partial charge in [0.1, 0.15) is 18.0 Å². The first kappa shape index (κ1) is 14.0. The van der Waals surface area contributed by atoms with Crippen molar-refractivity contribution < 1.29 is 0 Å². The first-order valence-electron chi connectivity index (χ1n) is 6.80. The van der Waals surface area contributed by atoms with E-state index in [-0.39, 0.29) is 6.04 Å². The maximum absolute atomic E-state index is 5.71. The van der Waals surface area contributed by atoms with E-state index in [1.165, 1.54) is 0 Å². The van der Waals surface area contributed by atoms with Crippen LogP contribution in [0.2, 0.25) is 0 Å². The fourth-order valence-corrected chi connectivity index (χ4v) is 2.12. The number of nitrogens with zero attached hydrogens (tertiary/aromatic N) is 5. The highest BCUT2D eigenvalue weighted by Crippen LogP contribution is 2.19. The van der Waals surface area contributed by atoms with Crippen LogP contribution in [0.3, 0.4) is 0 Å². The molecule has 1 unspecified atom stereocenters. The highest BCUT2D eigenvalue weighted by molar-refractivity contribution is 5.50. The van der Waals surface area contributed by atoms with Crippen LogP contribution < -0.4 is 15.5 Å². The highest BCUT2D eigenvalue weighted by atomic mass is 15.3. The lowest BCUT2D eigenvalue weighted by Crippen LogP contribution is -2.45. The molecule has 0 saturated carbocycles. The lowest BCUT2D eigenvalue weighted by molar-refractivity contribution is 0.312. The van der Waals surface area contributed by atoms with Crippen molar-refractivity contribution in [3.63, 3.8) is 0 Å². The van der Waals surface area contributed by atoms with Gasteiger partial charge in [-0.05, 0) is 14.0 Å². The molecule has 1 aliphatic rings. The first-order chi connectivity index (χ1) is 9.11. The largest absolute Gasteiger partial charge is 0.356 e. The molecule has 19 heavy (non-hydrogen) atoms. The number of aromatic nitrogens is 2. The summed E-state index contributed by atoms with van der Waals surface area (Å²) in [5.41, 5.74) is 5.71. The van der Waals surface area contributed by atoms with Gasteiger partial charge in [0.05, 0.1) is 0 Å². The van der Waals surface area contributed by atoms with Crippen molar-refractivity contribution in [3.05, 3.63) is 12.4 Å². The van der Waals surface area contributed by atoms with Crippen LogP contribution in [-0.2, 0) is 0 Å². The average Bonchev–Trinajstić information content (AvgIpc) is 2.46. The molecule has 0 aliphatic carbocycles. The molecular formula is C13H24N6. The molecule has 1 atom stereocenters. The van der Waals surface area contributed by atoms with Crippen LogP contribution in [-0.4, -0.2) is 67.7 Å². The summed E-state index contributed by atoms with van der Waals surface area (Å²) in [4.78, 5) is 15.5. The van der Waals surface area contributed by atoms with Crippen LogP contribution in [0.1, 0.15) is 6.92 Å². The Hall–Kier alpha value is -1.40. The van der Waals surface area contributed by atoms with Crippen molar-refractivity contribution in [2.45, 2.75) is 13.0 Å². The van der Waals surface area contributed by atoms with E-state index in [1.54, 1.807) is 6.33 Å². The van der Waals surface area contributed by atoms with Crippen LogP contribution in [0.25, 0.3) is 0 Å². The predicted octanol–water partition coefficient (Wildman–Crippen LogP) is 0.0118. The minimum absolute atomic E-state index is 0.273. The van der Waals surface area contributed by atoms with Gasteiger partial charge in [-0.2, -0.15) is 0 Å². The van der Waals surface area contributed by atoms with Gasteiger partial charge in [0, 0.05) is 51.9 Å². The molecule has 1 aromatic heterocycles. The standard InChI is InChI=1S/C13H24N6/c1-11(9-14)18(3)12-8-13(16-10-15-12)19-6-4-17(2)5-7-19/h8,10-11H,4-7,9,14H2,1-3H3. The fourth-order valence-electron chi connectivity index (χ4n) is 2.12. The quantitative estimate of drug-likeness (QED) is 0.827. The fraction of sp³-hybridized carbons (Fsp3) is 0.692. The maximum Gasteiger partial charge on any atom is 0.134 e. The normalized spacial score (nSPS) is 18.4. The van der Waals surface area contributed by atoms with Gasteiger partial charge in [-0.1, -0.05) is 0 Å². The third kappa shape index (κ3) is 3.33. The maximum atomic E-state index is 5.71. The van der Waals surface area contributed by atoms with Gasteiger partial charge in [-0.15, -0.1) is 0 Å². The van der Waals surface area contributed by atoms with Crippen LogP contribution in [0, 0.1) is 0 Å². The second kappa shape index (κ2) is 6.16. The van der Waals surface area contributed by atoms with Crippen LogP contribution >= 0.6 is 0 Å². The van der Waals surface area contributed by atoms with E-state index in [9.17, 15) is 0 Å². The molecule has 1 aliphatic heterocycles. The number of rotatable bonds is 4. The zero-order chi connectivity index (χ0) is 13.8. The zero-order valence-electron chi connectivity index (χ0n) is 12.1. The Labute approximate surface area is 115 Å². The topological polar surface area (TPSA) is 61.5 Å². The van der Waals surface area contributed by atoms with E-state index >= 15 is 0 Å². The predicted molar refractivity (Wildman–Crippen MR) is 78.7 cm³/mol. The van der Waals surface area contributed by atoms with Crippen LogP contribution in [0.15, 0.2) is 12.4 Å². The molecule has 1 fully saturated rings. The van der Waals surface area contributed by atoms with E-state index in [0.717, 1.165) is 37.8 Å². The number of likely N-dealkylation sites (N-methyl/N-ethyl adjacent to an activating group) is 2. The van der Waals surface area contributed by atoms with Gasteiger partial charge in [0.15, 0.2) is 0 Å². The van der Waals surface area contributed by atoms with Gasteiger partial charge in [0.25, 0.3) is 0 Å². The highest BCUT2D eigenvalue weighted by Gasteiger charge is 2.17. The number of hydrogen-bond acceptors (Lipinski definition) is 6. The first-order valence-corrected chi connectivity index (χ1v) is 6.80. The molecule has 0 aromatic carbocycles. The van der Waals surface area contributed by atoms with E-state index in [1.807, 2.05) is 7.05 Å². The number of anilines is 2. The molecule has 1 aromatic rings. The smallest absolute Gasteiger partial charge is 0.134 e. The Balaban J connectivity index is 2.10. The monoisotopic (exact) mass is 264 g/mol. The molecule has 0 amide bonds. The summed E-state index contributed by atoms with van der Waals surface area (Å²) in [6.07, 6.45) is 1.64. The van der Waals surface area contributed by atoms with E-state index < -0.39 is 0 Å². The van der Waals surface area contributed by atoms with Crippen LogP contribution in [0.5, 0.6) is 0 Å². The third-order valence-corrected chi connectivity index (χ3v) is 3.83. The SMILES string of the molecule is CC(CN)N(C)c1cc(N2CCN(C)CC2)ncn1. The van der Waals surface area contributed by atoms with E-state index in [0.29, 0.717) is 6.54 Å². The Bertz CT molecular complexity index is 402. The van der Waals surface area contributed by atoms with E-state index in [2.05, 4.69) is 44.7 Å². The second-order valence-corrected chi connectivity index (χ2v) is 5.22. The summed E-state index contributed by atoms with van der Waals surface area (Å²) in [7, 11) is 4.17. The lowest BCUT2D eigenvalue weighted by atomic mass is 10.3. The molecule has 2 rings (SSSR count). The van der Waals surface area contributed by atoms with Crippen molar-refractivity contribution in [3.8, 4) is 0 Å². The molecule has 6 nitrogen and oxygen atoms in total. The van der Waals surface area contributed by atoms with Gasteiger partial charge in [0.2, 0.25) is 0 Å². The summed E-state index contributed by atoms with van der Waals surface area (Å²) >= 11 is 0. The van der Waals surface area contributed by atoms with Gasteiger partial charge < -0.3 is 20.4 Å². The molecular weight excluding hydrogens is 240 g/mol. The molecule has 2 heterocycles. The zero-order valence-corrected chi connectivity index (χ0v) is 12.1. The Morgan fingerprint density at radius 2 is 2.00 bits per heavy atom. The summed E-state index contributed by atoms with van der Waals surface area (Å²) in [6.45, 7) is 6.90. The molecule has 6 heteroatoms. The van der Waals surface area contributed by atoms with Crippen LogP contribution in [0.4, 0.5) is 11.6 Å². The third-order valence-electron chi connectivity index (χ3n) is 3.83. The summed E-state index contributed by atoms with van der Waals surface area (Å²) in [6, 6.07) is 2.33. The van der Waals surface area contributed by atoms with Gasteiger partial charge in [-0.25, -0.2) is 9.97 Å². The number of hydrogen-bond donors (Lipinski definition) is 1. The molecule has 0 spiro atoms. The summed E-state index contributed by atoms with van der Waals surface area (Å²) < 4.78 is 0. The molecule has 0 radical (unpaired) electrons. The van der Waals surface area contributed by atoms with E-state index in [4.69, 9.17) is 5.73 Å². The van der Waals surface area contributed by atoms with Gasteiger partial charge in [-0.3, -0.25) is 0 Å². The lowest BCUT2D eigenvalue weighted by Gasteiger charge is -2.33. The summed E-state index contributed by atoms with van der Waals surface area (Å²) in [5.74, 6) is 1.94. The number of piperazine rings is 1. The molecule has 0 bridgehead atoms. The molecule has 2 N–H and O–H groups in total. The van der Waals surface area contributed by atoms with Gasteiger partial charge >= 0.3 is 0 Å². The molecule has 1 saturated heterocycles. The Morgan fingerprint density at radius 3 is 2.63 bits per heavy atom. The Morgan fingerprint density at radius 1 is 1.32 bits per heavy atom. The van der Waals surface area contributed by atoms with Crippen molar-refractivity contribution in [1.82, 2.24) is 14.9 Å². The van der Waals surface area contributed by atoms with Crippen molar-refractivity contribution in [2.24, 2.45) is 5.73 Å². The minimum atomic E-state index is 0.273. The average molecular weight is 264 g/mol. The second-order valence-electron chi connectivity index (χ2n) is 5.22. The van der Waals surface area contributed by atoms with Crippen molar-refractivity contribution in [1.29, 1.82) is 0 Å². The minimum Gasteiger partial charge on any atom is -0.356 e. The molecule has 106 valence electrons. The number of nitrogens with two attached hydrogens (primary N) is 1. The van der Waals surface area contributed by atoms with Crippen molar-refractivity contribution in [2.75, 3.05) is 56.6 Å². The Kier molecular flexibility index (Phi) is 4.55. The summed E-state index contributed by atoms with van der Waals surface area (Å²) in [5, 5.41) is 0.